The Morgan fingerprint density at radius 1 is 1.14 bits per heavy atom. The maximum absolute atomic E-state index is 13.8. The van der Waals surface area contributed by atoms with Gasteiger partial charge in [-0.15, -0.1) is 12.4 Å². The molecule has 1 aromatic carbocycles. The van der Waals surface area contributed by atoms with Crippen LogP contribution in [0.15, 0.2) is 12.1 Å². The van der Waals surface area contributed by atoms with Gasteiger partial charge in [-0.3, -0.25) is 0 Å². The molecule has 0 aliphatic carbocycles. The molecule has 0 amide bonds. The smallest absolute Gasteiger partial charge is 0.317 e. The largest absolute Gasteiger partial charge is 0.416 e. The van der Waals surface area contributed by atoms with E-state index in [-0.39, 0.29) is 31.0 Å². The van der Waals surface area contributed by atoms with Gasteiger partial charge in [0, 0.05) is 5.56 Å². The molecule has 1 aliphatic heterocycles. The number of hydrogen-bond donors (Lipinski definition) is 1. The third kappa shape index (κ3) is 3.87. The van der Waals surface area contributed by atoms with Crippen LogP contribution in [0, 0.1) is 28.4 Å². The first-order valence-corrected chi connectivity index (χ1v) is 6.44. The first kappa shape index (κ1) is 18.7. The SMILES string of the molecule is Cl.N#CC1(Cc2c(F)cc(C(F)(F)F)cc2F)CCNCC1. The van der Waals surface area contributed by atoms with E-state index in [1.165, 1.54) is 0 Å². The maximum atomic E-state index is 13.8. The lowest BCUT2D eigenvalue weighted by molar-refractivity contribution is -0.138. The molecule has 0 saturated carbocycles. The summed E-state index contributed by atoms with van der Waals surface area (Å²) in [6.45, 7) is 1.08. The number of piperidine rings is 1. The van der Waals surface area contributed by atoms with Crippen molar-refractivity contribution in [1.29, 1.82) is 5.26 Å². The van der Waals surface area contributed by atoms with E-state index in [0.717, 1.165) is 0 Å². The molecule has 0 radical (unpaired) electrons. The topological polar surface area (TPSA) is 35.8 Å². The number of rotatable bonds is 2. The second-order valence-electron chi connectivity index (χ2n) is 5.24. The summed E-state index contributed by atoms with van der Waals surface area (Å²) in [5.74, 6) is -2.51. The van der Waals surface area contributed by atoms with Crippen LogP contribution in [-0.4, -0.2) is 13.1 Å². The Labute approximate surface area is 130 Å². The van der Waals surface area contributed by atoms with Crippen molar-refractivity contribution in [3.63, 3.8) is 0 Å². The minimum atomic E-state index is -4.80. The van der Waals surface area contributed by atoms with Gasteiger partial charge < -0.3 is 5.32 Å². The van der Waals surface area contributed by atoms with Crippen LogP contribution < -0.4 is 5.32 Å². The first-order chi connectivity index (χ1) is 9.77. The lowest BCUT2D eigenvalue weighted by Crippen LogP contribution is -2.37. The predicted octanol–water partition coefficient (Wildman–Crippen LogP) is 3.84. The zero-order valence-corrected chi connectivity index (χ0v) is 12.3. The molecule has 1 fully saturated rings. The Balaban J connectivity index is 0.00000242. The monoisotopic (exact) mass is 340 g/mol. The molecule has 22 heavy (non-hydrogen) atoms. The predicted molar refractivity (Wildman–Crippen MR) is 72.5 cm³/mol. The minimum absolute atomic E-state index is 0. The molecule has 1 N–H and O–H groups in total. The van der Waals surface area contributed by atoms with Crippen molar-refractivity contribution in [2.24, 2.45) is 5.41 Å². The zero-order chi connectivity index (χ0) is 15.7. The van der Waals surface area contributed by atoms with Crippen molar-refractivity contribution >= 4 is 12.4 Å². The van der Waals surface area contributed by atoms with Crippen molar-refractivity contribution in [3.8, 4) is 6.07 Å². The molecule has 8 heteroatoms. The van der Waals surface area contributed by atoms with Crippen LogP contribution >= 0.6 is 12.4 Å². The molecule has 0 unspecified atom stereocenters. The average molecular weight is 341 g/mol. The summed E-state index contributed by atoms with van der Waals surface area (Å²) in [5, 5.41) is 12.3. The fourth-order valence-corrected chi connectivity index (χ4v) is 2.51. The number of alkyl halides is 3. The van der Waals surface area contributed by atoms with Gasteiger partial charge in [0.1, 0.15) is 11.6 Å². The number of hydrogen-bond acceptors (Lipinski definition) is 2. The van der Waals surface area contributed by atoms with Gasteiger partial charge in [0.25, 0.3) is 0 Å². The quantitative estimate of drug-likeness (QED) is 0.830. The molecule has 122 valence electrons. The van der Waals surface area contributed by atoms with Gasteiger partial charge in [-0.1, -0.05) is 0 Å². The summed E-state index contributed by atoms with van der Waals surface area (Å²) < 4.78 is 65.1. The molecule has 2 rings (SSSR count). The summed E-state index contributed by atoms with van der Waals surface area (Å²) >= 11 is 0. The third-order valence-electron chi connectivity index (χ3n) is 3.78. The van der Waals surface area contributed by atoms with Crippen molar-refractivity contribution < 1.29 is 22.0 Å². The molecule has 0 bridgehead atoms. The van der Waals surface area contributed by atoms with E-state index in [1.807, 2.05) is 0 Å². The van der Waals surface area contributed by atoms with Gasteiger partial charge in [0.05, 0.1) is 17.0 Å². The number of nitriles is 1. The lowest BCUT2D eigenvalue weighted by Gasteiger charge is -2.31. The molecule has 0 aromatic heterocycles. The molecular formula is C14H14ClF5N2. The summed E-state index contributed by atoms with van der Waals surface area (Å²) in [4.78, 5) is 0. The van der Waals surface area contributed by atoms with Crippen LogP contribution in [0.1, 0.15) is 24.0 Å². The standard InChI is InChI=1S/C14H13F5N2.ClH/c15-11-5-9(14(17,18)19)6-12(16)10(11)7-13(8-20)1-3-21-4-2-13;/h5-6,21H,1-4,7H2;1H. The van der Waals surface area contributed by atoms with Crippen molar-refractivity contribution in [1.82, 2.24) is 5.32 Å². The number of benzene rings is 1. The van der Waals surface area contributed by atoms with Gasteiger partial charge in [0.2, 0.25) is 0 Å². The zero-order valence-electron chi connectivity index (χ0n) is 11.4. The Hall–Kier alpha value is -1.39. The van der Waals surface area contributed by atoms with E-state index in [0.29, 0.717) is 25.9 Å². The van der Waals surface area contributed by atoms with Crippen LogP contribution in [0.25, 0.3) is 0 Å². The van der Waals surface area contributed by atoms with Crippen LogP contribution in [0.4, 0.5) is 22.0 Å². The fraction of sp³-hybridized carbons (Fsp3) is 0.500. The highest BCUT2D eigenvalue weighted by Gasteiger charge is 2.36. The van der Waals surface area contributed by atoms with Crippen LogP contribution in [0.2, 0.25) is 0 Å². The summed E-state index contributed by atoms with van der Waals surface area (Å²) in [6, 6.07) is 2.63. The summed E-state index contributed by atoms with van der Waals surface area (Å²) in [6.07, 6.45) is -4.21. The van der Waals surface area contributed by atoms with Gasteiger partial charge in [-0.25, -0.2) is 8.78 Å². The molecule has 2 nitrogen and oxygen atoms in total. The Morgan fingerprint density at radius 2 is 1.64 bits per heavy atom. The molecule has 1 heterocycles. The molecule has 0 spiro atoms. The minimum Gasteiger partial charge on any atom is -0.317 e. The van der Waals surface area contributed by atoms with Gasteiger partial charge >= 0.3 is 6.18 Å². The Kier molecular flexibility index (Phi) is 5.76. The van der Waals surface area contributed by atoms with E-state index < -0.39 is 34.4 Å². The summed E-state index contributed by atoms with van der Waals surface area (Å²) in [5.41, 5.74) is -2.75. The van der Waals surface area contributed by atoms with Crippen LogP contribution in [0.3, 0.4) is 0 Å². The molecule has 1 aliphatic rings. The van der Waals surface area contributed by atoms with Crippen molar-refractivity contribution in [3.05, 3.63) is 34.9 Å². The van der Waals surface area contributed by atoms with Gasteiger partial charge in [0.15, 0.2) is 0 Å². The summed E-state index contributed by atoms with van der Waals surface area (Å²) in [7, 11) is 0. The highest BCUT2D eigenvalue weighted by atomic mass is 35.5. The number of halogens is 6. The second-order valence-corrected chi connectivity index (χ2v) is 5.24. The lowest BCUT2D eigenvalue weighted by atomic mass is 9.75. The highest BCUT2D eigenvalue weighted by molar-refractivity contribution is 5.85. The number of nitrogens with zero attached hydrogens (tertiary/aromatic N) is 1. The van der Waals surface area contributed by atoms with E-state index in [1.54, 1.807) is 0 Å². The van der Waals surface area contributed by atoms with E-state index in [9.17, 15) is 27.2 Å². The Morgan fingerprint density at radius 3 is 2.05 bits per heavy atom. The highest BCUT2D eigenvalue weighted by Crippen LogP contribution is 2.36. The first-order valence-electron chi connectivity index (χ1n) is 6.44. The molecule has 1 aromatic rings. The van der Waals surface area contributed by atoms with Crippen LogP contribution in [-0.2, 0) is 12.6 Å². The third-order valence-corrected chi connectivity index (χ3v) is 3.78. The van der Waals surface area contributed by atoms with Gasteiger partial charge in [-0.05, 0) is 44.5 Å². The molecule has 0 atom stereocenters. The van der Waals surface area contributed by atoms with E-state index in [4.69, 9.17) is 0 Å². The van der Waals surface area contributed by atoms with Gasteiger partial charge in [-0.2, -0.15) is 18.4 Å². The number of nitrogens with one attached hydrogen (secondary N) is 1. The maximum Gasteiger partial charge on any atom is 0.416 e. The second kappa shape index (κ2) is 6.80. The van der Waals surface area contributed by atoms with Crippen molar-refractivity contribution in [2.75, 3.05) is 13.1 Å². The van der Waals surface area contributed by atoms with E-state index in [2.05, 4.69) is 11.4 Å². The average Bonchev–Trinajstić information content (AvgIpc) is 2.43. The normalized spacial score (nSPS) is 17.5. The molecular weight excluding hydrogens is 327 g/mol. The van der Waals surface area contributed by atoms with Crippen molar-refractivity contribution in [2.45, 2.75) is 25.4 Å². The van der Waals surface area contributed by atoms with E-state index >= 15 is 0 Å². The molecule has 1 saturated heterocycles. The Bertz CT molecular complexity index is 551. The van der Waals surface area contributed by atoms with Crippen LogP contribution in [0.5, 0.6) is 0 Å². The fourth-order valence-electron chi connectivity index (χ4n) is 2.51.